The third kappa shape index (κ3) is 1.99. The van der Waals surface area contributed by atoms with Gasteiger partial charge in [-0.15, -0.1) is 0 Å². The summed E-state index contributed by atoms with van der Waals surface area (Å²) in [5.74, 6) is -0.222. The summed E-state index contributed by atoms with van der Waals surface area (Å²) in [5.41, 5.74) is 0.453. The van der Waals surface area contributed by atoms with Gasteiger partial charge in [-0.2, -0.15) is 0 Å². The molecule has 0 heterocycles. The predicted molar refractivity (Wildman–Crippen MR) is 44.1 cm³/mol. The molecule has 0 atom stereocenters. The van der Waals surface area contributed by atoms with Crippen LogP contribution in [0.4, 0.5) is 0 Å². The molecule has 0 spiro atoms. The highest BCUT2D eigenvalue weighted by molar-refractivity contribution is 5.89. The second-order valence-corrected chi connectivity index (χ2v) is 2.27. The van der Waals surface area contributed by atoms with Crippen molar-refractivity contribution in [2.24, 2.45) is 0 Å². The highest BCUT2D eigenvalue weighted by atomic mass is 16.5. The van der Waals surface area contributed by atoms with Crippen molar-refractivity contribution in [3.8, 4) is 5.75 Å². The van der Waals surface area contributed by atoms with Crippen LogP contribution in [0.2, 0.25) is 0 Å². The number of phenols is 1. The van der Waals surface area contributed by atoms with E-state index in [0.717, 1.165) is 0 Å². The molecule has 3 nitrogen and oxygen atoms in total. The van der Waals surface area contributed by atoms with Gasteiger partial charge < -0.3 is 9.84 Å². The fourth-order valence-electron chi connectivity index (χ4n) is 0.812. The number of aromatic hydroxyl groups is 1. The van der Waals surface area contributed by atoms with Crippen molar-refractivity contribution < 1.29 is 14.6 Å². The Kier molecular flexibility index (Phi) is 2.69. The van der Waals surface area contributed by atoms with Crippen LogP contribution in [0.25, 0.3) is 0 Å². The van der Waals surface area contributed by atoms with Crippen molar-refractivity contribution in [1.82, 2.24) is 0 Å². The average Bonchev–Trinajstić information content (AvgIpc) is 2.06. The Balaban J connectivity index is 2.75. The fourth-order valence-corrected chi connectivity index (χ4v) is 0.812. The maximum Gasteiger partial charge on any atom is 0.338 e. The maximum atomic E-state index is 11.1. The van der Waals surface area contributed by atoms with E-state index in [1.54, 1.807) is 6.92 Å². The summed E-state index contributed by atoms with van der Waals surface area (Å²) in [6.45, 7) is 2.11. The first-order valence-corrected chi connectivity index (χ1v) is 3.70. The van der Waals surface area contributed by atoms with Crippen LogP contribution in [-0.4, -0.2) is 17.7 Å². The van der Waals surface area contributed by atoms with Crippen molar-refractivity contribution in [3.05, 3.63) is 29.8 Å². The molecule has 0 aliphatic heterocycles. The molecule has 1 rings (SSSR count). The summed E-state index contributed by atoms with van der Waals surface area (Å²) in [4.78, 5) is 11.1. The quantitative estimate of drug-likeness (QED) is 0.680. The van der Waals surface area contributed by atoms with Crippen LogP contribution in [0.5, 0.6) is 5.75 Å². The molecule has 0 aromatic heterocycles. The lowest BCUT2D eigenvalue weighted by Gasteiger charge is -2.00. The highest BCUT2D eigenvalue weighted by Gasteiger charge is 2.04. The summed E-state index contributed by atoms with van der Waals surface area (Å²) in [6, 6.07) is 5.94. The number of esters is 1. The first-order valence-electron chi connectivity index (χ1n) is 3.70. The van der Waals surface area contributed by atoms with Crippen molar-refractivity contribution in [2.45, 2.75) is 6.92 Å². The average molecular weight is 167 g/mol. The van der Waals surface area contributed by atoms with Crippen LogP contribution < -0.4 is 0 Å². The molecule has 1 aromatic carbocycles. The third-order valence-corrected chi connectivity index (χ3v) is 1.38. The fraction of sp³-hybridized carbons (Fsp3) is 0.222. The number of carbonyl (C=O) groups excluding carboxylic acids is 1. The zero-order valence-corrected chi connectivity index (χ0v) is 6.78. The Bertz CT molecular complexity index is 264. The molecule has 0 saturated carbocycles. The second-order valence-electron chi connectivity index (χ2n) is 2.27. The molecule has 3 heteroatoms. The minimum Gasteiger partial charge on any atom is -0.508 e. The van der Waals surface area contributed by atoms with Gasteiger partial charge in [0.05, 0.1) is 12.2 Å². The minimum absolute atomic E-state index is 0.142. The number of benzene rings is 1. The van der Waals surface area contributed by atoms with Gasteiger partial charge in [-0.1, -0.05) is 0 Å². The lowest BCUT2D eigenvalue weighted by Crippen LogP contribution is -2.03. The van der Waals surface area contributed by atoms with Gasteiger partial charge in [-0.3, -0.25) is 0 Å². The molecular formula is C9H10O3. The van der Waals surface area contributed by atoms with E-state index < -0.39 is 0 Å². The first kappa shape index (κ1) is 8.59. The molecule has 0 radical (unpaired) electrons. The van der Waals surface area contributed by atoms with E-state index in [4.69, 9.17) is 9.84 Å². The maximum absolute atomic E-state index is 11.1. The van der Waals surface area contributed by atoms with Gasteiger partial charge in [0.2, 0.25) is 0 Å². The Morgan fingerprint density at radius 2 is 2.00 bits per heavy atom. The zero-order chi connectivity index (χ0) is 8.97. The number of hydrogen-bond acceptors (Lipinski definition) is 3. The highest BCUT2D eigenvalue weighted by Crippen LogP contribution is 2.10. The molecular weight excluding hydrogens is 157 g/mol. The van der Waals surface area contributed by atoms with Crippen molar-refractivity contribution in [3.63, 3.8) is 0 Å². The van der Waals surface area contributed by atoms with E-state index in [1.165, 1.54) is 24.3 Å². The predicted octanol–water partition coefficient (Wildman–Crippen LogP) is 1.57. The van der Waals surface area contributed by atoms with E-state index in [9.17, 15) is 4.79 Å². The van der Waals surface area contributed by atoms with Crippen molar-refractivity contribution in [2.75, 3.05) is 6.61 Å². The molecule has 1 N–H and O–H groups in total. The monoisotopic (exact) mass is 167 g/mol. The third-order valence-electron chi connectivity index (χ3n) is 1.38. The molecule has 0 aliphatic rings. The molecule has 12 heavy (non-hydrogen) atoms. The van der Waals surface area contributed by atoms with E-state index in [0.29, 0.717) is 12.2 Å². The number of rotatable bonds is 2. The van der Waals surface area contributed by atoms with Crippen LogP contribution in [0, 0.1) is 0 Å². The molecule has 1 aromatic rings. The van der Waals surface area contributed by atoms with Gasteiger partial charge in [0.25, 0.3) is 0 Å². The lowest BCUT2D eigenvalue weighted by atomic mass is 10.4. The Morgan fingerprint density at radius 3 is 2.50 bits per heavy atom. The smallest absolute Gasteiger partial charge is 0.338 e. The molecule has 0 bridgehead atoms. The largest absolute Gasteiger partial charge is 0.508 e. The summed E-state index contributed by atoms with van der Waals surface area (Å²) in [5, 5.41) is 8.92. The van der Waals surface area contributed by atoms with E-state index in [-0.39, 0.29) is 11.7 Å². The van der Waals surface area contributed by atoms with Gasteiger partial charge in [-0.05, 0) is 31.2 Å². The van der Waals surface area contributed by atoms with Crippen LogP contribution in [0.3, 0.4) is 0 Å². The molecule has 64 valence electrons. The van der Waals surface area contributed by atoms with Crippen LogP contribution in [-0.2, 0) is 4.74 Å². The second kappa shape index (κ2) is 3.76. The van der Waals surface area contributed by atoms with Gasteiger partial charge in [0, 0.05) is 0 Å². The van der Waals surface area contributed by atoms with Crippen LogP contribution >= 0.6 is 0 Å². The zero-order valence-electron chi connectivity index (χ0n) is 6.78. The van der Waals surface area contributed by atoms with E-state index in [2.05, 4.69) is 0 Å². The van der Waals surface area contributed by atoms with Crippen molar-refractivity contribution >= 4 is 5.97 Å². The number of hydrogen-bond donors (Lipinski definition) is 1. The summed E-state index contributed by atoms with van der Waals surface area (Å²) >= 11 is 0. The van der Waals surface area contributed by atoms with Crippen LogP contribution in [0.1, 0.15) is 17.3 Å². The molecule has 0 fully saturated rings. The first-order chi connectivity index (χ1) is 5.74. The standard InChI is InChI=1S/C9H10O3/c1-2-12-9(11)7-3-5-8(10)6-4-7/h3-6,10H,2H2,1H3/i7+1. The van der Waals surface area contributed by atoms with Gasteiger partial charge in [-0.25, -0.2) is 4.79 Å². The Hall–Kier alpha value is -1.51. The molecule has 0 unspecified atom stereocenters. The minimum atomic E-state index is -0.363. The molecule has 0 aliphatic carbocycles. The number of phenolic OH excluding ortho intramolecular Hbond substituents is 1. The number of ether oxygens (including phenoxy) is 1. The van der Waals surface area contributed by atoms with E-state index >= 15 is 0 Å². The topological polar surface area (TPSA) is 46.5 Å². The molecule has 0 saturated heterocycles. The molecule has 0 amide bonds. The summed E-state index contributed by atoms with van der Waals surface area (Å²) in [7, 11) is 0. The van der Waals surface area contributed by atoms with Gasteiger partial charge >= 0.3 is 5.97 Å². The van der Waals surface area contributed by atoms with Crippen LogP contribution in [0.15, 0.2) is 24.3 Å². The summed E-state index contributed by atoms with van der Waals surface area (Å²) in [6.07, 6.45) is 0. The normalized spacial score (nSPS) is 9.42. The lowest BCUT2D eigenvalue weighted by molar-refractivity contribution is 0.0526. The summed E-state index contributed by atoms with van der Waals surface area (Å²) < 4.78 is 4.75. The van der Waals surface area contributed by atoms with Gasteiger partial charge in [0.1, 0.15) is 5.75 Å². The number of carbonyl (C=O) groups is 1. The SMILES string of the molecule is CCOC(=O)[13c]1ccc(O)cc1. The Labute approximate surface area is 70.6 Å². The van der Waals surface area contributed by atoms with Crippen molar-refractivity contribution in [1.29, 1.82) is 0 Å². The van der Waals surface area contributed by atoms with E-state index in [1.807, 2.05) is 0 Å². The van der Waals surface area contributed by atoms with Gasteiger partial charge in [0.15, 0.2) is 0 Å². The Morgan fingerprint density at radius 1 is 1.42 bits per heavy atom.